The lowest BCUT2D eigenvalue weighted by atomic mass is 9.85. The maximum absolute atomic E-state index is 13.5. The van der Waals surface area contributed by atoms with Gasteiger partial charge in [-0.15, -0.1) is 6.42 Å². The second-order valence-electron chi connectivity index (χ2n) is 5.41. The van der Waals surface area contributed by atoms with Gasteiger partial charge in [-0.3, -0.25) is 9.69 Å². The number of hydrogen-bond donors (Lipinski definition) is 1. The summed E-state index contributed by atoms with van der Waals surface area (Å²) in [5.74, 6) is 1.10. The lowest BCUT2D eigenvalue weighted by Gasteiger charge is -2.30. The summed E-state index contributed by atoms with van der Waals surface area (Å²) in [6, 6.07) is 9.23. The van der Waals surface area contributed by atoms with Crippen LogP contribution in [0.15, 0.2) is 30.3 Å². The molecule has 2 rings (SSSR count). The van der Waals surface area contributed by atoms with Crippen LogP contribution in [0.3, 0.4) is 0 Å². The van der Waals surface area contributed by atoms with Crippen molar-refractivity contribution in [2.75, 3.05) is 19.6 Å². The molecule has 0 aliphatic carbocycles. The van der Waals surface area contributed by atoms with Gasteiger partial charge in [-0.25, -0.2) is 0 Å². The Morgan fingerprint density at radius 1 is 1.36 bits per heavy atom. The summed E-state index contributed by atoms with van der Waals surface area (Å²) in [4.78, 5) is 13.7. The third-order valence-electron chi connectivity index (χ3n) is 3.93. The van der Waals surface area contributed by atoms with Crippen molar-refractivity contribution in [1.29, 1.82) is 0 Å². The van der Waals surface area contributed by atoms with Gasteiger partial charge in [-0.2, -0.15) is 13.2 Å². The van der Waals surface area contributed by atoms with E-state index in [0.717, 1.165) is 5.56 Å². The minimum absolute atomic E-state index is 0.199. The summed E-state index contributed by atoms with van der Waals surface area (Å²) in [6.07, 6.45) is 0.150. The highest BCUT2D eigenvalue weighted by atomic mass is 19.4. The number of carbonyl (C=O) groups excluding carboxylic acids is 1. The van der Waals surface area contributed by atoms with Gasteiger partial charge in [0, 0.05) is 13.1 Å². The zero-order chi connectivity index (χ0) is 16.2. The van der Waals surface area contributed by atoms with E-state index in [1.165, 1.54) is 0 Å². The molecule has 6 heteroatoms. The molecule has 1 atom stereocenters. The minimum atomic E-state index is -4.60. The van der Waals surface area contributed by atoms with E-state index in [1.807, 2.05) is 30.3 Å². The molecule has 22 heavy (non-hydrogen) atoms. The summed E-state index contributed by atoms with van der Waals surface area (Å²) in [5.41, 5.74) is -1.46. The quantitative estimate of drug-likeness (QED) is 0.865. The Bertz CT molecular complexity index is 565. The van der Waals surface area contributed by atoms with Gasteiger partial charge in [0.1, 0.15) is 0 Å². The van der Waals surface area contributed by atoms with Crippen molar-refractivity contribution in [3.05, 3.63) is 35.9 Å². The van der Waals surface area contributed by atoms with Crippen LogP contribution in [0.2, 0.25) is 0 Å². The predicted molar refractivity (Wildman–Crippen MR) is 76.7 cm³/mol. The molecule has 1 amide bonds. The second kappa shape index (κ2) is 6.41. The standard InChI is InChI=1S/C16H17F3N2O/c1-2-9-20-14(22)15(16(17,18)19)8-10-21(12-15)11-13-6-4-3-5-7-13/h1,3-7H,8-12H2,(H,20,22)/t15-/m1/s1. The van der Waals surface area contributed by atoms with Crippen LogP contribution >= 0.6 is 0 Å². The van der Waals surface area contributed by atoms with Crippen molar-refractivity contribution in [3.8, 4) is 12.3 Å². The summed E-state index contributed by atoms with van der Waals surface area (Å²) in [7, 11) is 0. The summed E-state index contributed by atoms with van der Waals surface area (Å²) in [5, 5.41) is 2.18. The van der Waals surface area contributed by atoms with Crippen molar-refractivity contribution in [2.45, 2.75) is 19.1 Å². The Kier molecular flexibility index (Phi) is 4.77. The van der Waals surface area contributed by atoms with Gasteiger partial charge in [0.15, 0.2) is 5.41 Å². The van der Waals surface area contributed by atoms with E-state index < -0.39 is 17.5 Å². The van der Waals surface area contributed by atoms with Crippen LogP contribution in [0.5, 0.6) is 0 Å². The molecule has 1 aliphatic heterocycles. The molecule has 3 nitrogen and oxygen atoms in total. The van der Waals surface area contributed by atoms with E-state index in [-0.39, 0.29) is 26.1 Å². The number of nitrogens with zero attached hydrogens (tertiary/aromatic N) is 1. The molecule has 0 unspecified atom stereocenters. The van der Waals surface area contributed by atoms with Crippen molar-refractivity contribution < 1.29 is 18.0 Å². The molecule has 118 valence electrons. The summed E-state index contributed by atoms with van der Waals surface area (Å²) < 4.78 is 40.4. The summed E-state index contributed by atoms with van der Waals surface area (Å²) in [6.45, 7) is 0.0656. The Balaban J connectivity index is 2.13. The molecular formula is C16H17F3N2O. The Morgan fingerprint density at radius 2 is 2.05 bits per heavy atom. The highest BCUT2D eigenvalue weighted by molar-refractivity contribution is 5.84. The van der Waals surface area contributed by atoms with E-state index in [2.05, 4.69) is 11.2 Å². The first-order chi connectivity index (χ1) is 10.4. The lowest BCUT2D eigenvalue weighted by molar-refractivity contribution is -0.217. The molecule has 1 saturated heterocycles. The number of terminal acetylenes is 1. The van der Waals surface area contributed by atoms with E-state index in [4.69, 9.17) is 6.42 Å². The van der Waals surface area contributed by atoms with Crippen molar-refractivity contribution in [2.24, 2.45) is 5.41 Å². The third-order valence-corrected chi connectivity index (χ3v) is 3.93. The molecule has 1 heterocycles. The molecule has 1 aliphatic rings. The average molecular weight is 310 g/mol. The number of likely N-dealkylation sites (tertiary alicyclic amines) is 1. The lowest BCUT2D eigenvalue weighted by Crippen LogP contribution is -2.52. The number of hydrogen-bond acceptors (Lipinski definition) is 2. The SMILES string of the molecule is C#CCNC(=O)[C@@]1(C(F)(F)F)CCN(Cc2ccccc2)C1. The van der Waals surface area contributed by atoms with Gasteiger partial charge in [0.05, 0.1) is 6.54 Å². The van der Waals surface area contributed by atoms with Crippen LogP contribution in [-0.2, 0) is 11.3 Å². The van der Waals surface area contributed by atoms with Crippen molar-refractivity contribution in [1.82, 2.24) is 10.2 Å². The first kappa shape index (κ1) is 16.4. The van der Waals surface area contributed by atoms with Crippen LogP contribution in [-0.4, -0.2) is 36.6 Å². The molecule has 0 saturated carbocycles. The van der Waals surface area contributed by atoms with Crippen LogP contribution in [0.25, 0.3) is 0 Å². The molecule has 0 radical (unpaired) electrons. The maximum atomic E-state index is 13.5. The first-order valence-corrected chi connectivity index (χ1v) is 6.94. The predicted octanol–water partition coefficient (Wildman–Crippen LogP) is 2.19. The number of halogens is 3. The normalized spacial score (nSPS) is 22.3. The maximum Gasteiger partial charge on any atom is 0.404 e. The second-order valence-corrected chi connectivity index (χ2v) is 5.41. The Hall–Kier alpha value is -2.00. The third kappa shape index (κ3) is 3.25. The van der Waals surface area contributed by atoms with Crippen LogP contribution in [0, 0.1) is 17.8 Å². The average Bonchev–Trinajstić information content (AvgIpc) is 2.91. The van der Waals surface area contributed by atoms with E-state index in [9.17, 15) is 18.0 Å². The van der Waals surface area contributed by atoms with Gasteiger partial charge < -0.3 is 5.32 Å². The smallest absolute Gasteiger partial charge is 0.344 e. The molecule has 1 aromatic carbocycles. The van der Waals surface area contributed by atoms with Gasteiger partial charge in [0.2, 0.25) is 5.91 Å². The molecule has 1 aromatic rings. The Labute approximate surface area is 127 Å². The van der Waals surface area contributed by atoms with Gasteiger partial charge >= 0.3 is 6.18 Å². The van der Waals surface area contributed by atoms with Gasteiger partial charge in [0.25, 0.3) is 0 Å². The minimum Gasteiger partial charge on any atom is -0.344 e. The molecule has 0 aromatic heterocycles. The number of nitrogens with one attached hydrogen (secondary N) is 1. The van der Waals surface area contributed by atoms with E-state index in [0.29, 0.717) is 6.54 Å². The highest BCUT2D eigenvalue weighted by Gasteiger charge is 2.62. The fourth-order valence-electron chi connectivity index (χ4n) is 2.71. The molecular weight excluding hydrogens is 293 g/mol. The van der Waals surface area contributed by atoms with Crippen LogP contribution in [0.4, 0.5) is 13.2 Å². The molecule has 0 bridgehead atoms. The number of benzene rings is 1. The van der Waals surface area contributed by atoms with E-state index in [1.54, 1.807) is 4.90 Å². The highest BCUT2D eigenvalue weighted by Crippen LogP contribution is 2.46. The van der Waals surface area contributed by atoms with Crippen molar-refractivity contribution in [3.63, 3.8) is 0 Å². The van der Waals surface area contributed by atoms with E-state index >= 15 is 0 Å². The van der Waals surface area contributed by atoms with Crippen molar-refractivity contribution >= 4 is 5.91 Å². The fraction of sp³-hybridized carbons (Fsp3) is 0.438. The zero-order valence-electron chi connectivity index (χ0n) is 12.0. The Morgan fingerprint density at radius 3 is 2.64 bits per heavy atom. The first-order valence-electron chi connectivity index (χ1n) is 6.94. The fourth-order valence-corrected chi connectivity index (χ4v) is 2.71. The zero-order valence-corrected chi connectivity index (χ0v) is 12.0. The summed E-state index contributed by atoms with van der Waals surface area (Å²) >= 11 is 0. The van der Waals surface area contributed by atoms with Gasteiger partial charge in [-0.1, -0.05) is 36.3 Å². The van der Waals surface area contributed by atoms with Gasteiger partial charge in [-0.05, 0) is 18.5 Å². The number of alkyl halides is 3. The van der Waals surface area contributed by atoms with Crippen LogP contribution < -0.4 is 5.32 Å². The molecule has 1 fully saturated rings. The number of amides is 1. The monoisotopic (exact) mass is 310 g/mol. The molecule has 1 N–H and O–H groups in total. The topological polar surface area (TPSA) is 32.3 Å². The molecule has 0 spiro atoms. The number of carbonyl (C=O) groups is 1. The largest absolute Gasteiger partial charge is 0.404 e. The van der Waals surface area contributed by atoms with Crippen LogP contribution in [0.1, 0.15) is 12.0 Å². The number of rotatable bonds is 4.